The van der Waals surface area contributed by atoms with E-state index in [9.17, 15) is 0 Å². The SMILES string of the molecule is Cc1ccc(C(C)(C)C)cc1C1(C)CCCCC1(C)Cc1cc2c3c(c1)N1c4c(cc(C(C)(C)C)cc4C4(C)CCCCC14C)B3c1ccc3c(c1N2c1c(C)cc(C(C)(C)C)cc1C)C(C)(C)c1ccccc1-3. The van der Waals surface area contributed by atoms with E-state index in [0.29, 0.717) is 0 Å². The highest BCUT2D eigenvalue weighted by atomic mass is 15.3. The van der Waals surface area contributed by atoms with Gasteiger partial charge in [-0.2, -0.15) is 0 Å². The number of anilines is 5. The summed E-state index contributed by atoms with van der Waals surface area (Å²) in [7, 11) is 0. The lowest BCUT2D eigenvalue weighted by Gasteiger charge is -2.54. The van der Waals surface area contributed by atoms with Crippen LogP contribution in [0.5, 0.6) is 0 Å². The Morgan fingerprint density at radius 3 is 1.76 bits per heavy atom. The van der Waals surface area contributed by atoms with Gasteiger partial charge >= 0.3 is 0 Å². The van der Waals surface area contributed by atoms with E-state index in [1.165, 1.54) is 157 Å². The molecule has 0 amide bonds. The molecule has 6 aromatic rings. The first-order valence-electron chi connectivity index (χ1n) is 29.0. The second kappa shape index (κ2) is 15.8. The molecule has 6 aliphatic rings. The minimum absolute atomic E-state index is 0.00564. The molecule has 6 aromatic carbocycles. The number of hydrogen-bond donors (Lipinski definition) is 0. The van der Waals surface area contributed by atoms with Crippen LogP contribution in [0, 0.1) is 26.2 Å². The van der Waals surface area contributed by atoms with Crippen LogP contribution >= 0.6 is 0 Å². The van der Waals surface area contributed by atoms with Crippen molar-refractivity contribution in [1.82, 2.24) is 0 Å². The maximum Gasteiger partial charge on any atom is 0.252 e. The average Bonchev–Trinajstić information content (AvgIpc) is 3.69. The van der Waals surface area contributed by atoms with Crippen LogP contribution in [0.15, 0.2) is 91.0 Å². The minimum atomic E-state index is -0.219. The lowest BCUT2D eigenvalue weighted by Crippen LogP contribution is -2.65. The van der Waals surface area contributed by atoms with E-state index < -0.39 is 0 Å². The van der Waals surface area contributed by atoms with Gasteiger partial charge in [0.15, 0.2) is 0 Å². The number of fused-ring (bicyclic) bond motifs is 11. The first-order chi connectivity index (χ1) is 34.5. The largest absolute Gasteiger partial charge is 0.335 e. The molecule has 0 radical (unpaired) electrons. The molecule has 0 saturated heterocycles. The predicted octanol–water partition coefficient (Wildman–Crippen LogP) is 17.2. The summed E-state index contributed by atoms with van der Waals surface area (Å²) in [5, 5.41) is 0. The van der Waals surface area contributed by atoms with Gasteiger partial charge in [0, 0.05) is 33.6 Å². The molecule has 0 N–H and O–H groups in total. The lowest BCUT2D eigenvalue weighted by molar-refractivity contribution is 0.0873. The lowest BCUT2D eigenvalue weighted by atomic mass is 9.33. The zero-order chi connectivity index (χ0) is 52.8. The Bertz CT molecular complexity index is 3340. The Labute approximate surface area is 448 Å². The van der Waals surface area contributed by atoms with E-state index >= 15 is 0 Å². The molecule has 4 unspecified atom stereocenters. The number of nitrogens with zero attached hydrogens (tertiary/aromatic N) is 2. The third-order valence-electron chi connectivity index (χ3n) is 21.5. The Hall–Kier alpha value is -5.02. The zero-order valence-electron chi connectivity index (χ0n) is 49.0. The van der Waals surface area contributed by atoms with Crippen LogP contribution in [0.3, 0.4) is 0 Å². The van der Waals surface area contributed by atoms with Gasteiger partial charge in [-0.05, 0) is 188 Å². The molecule has 2 fully saturated rings. The first-order valence-corrected chi connectivity index (χ1v) is 29.0. The molecule has 0 aromatic heterocycles. The smallest absolute Gasteiger partial charge is 0.252 e. The van der Waals surface area contributed by atoms with Crippen molar-refractivity contribution in [3.63, 3.8) is 0 Å². The number of benzene rings is 6. The third-order valence-corrected chi connectivity index (χ3v) is 21.5. The molecule has 74 heavy (non-hydrogen) atoms. The number of rotatable bonds is 4. The van der Waals surface area contributed by atoms with Gasteiger partial charge in [0.2, 0.25) is 0 Å². The van der Waals surface area contributed by atoms with Gasteiger partial charge in [0.05, 0.1) is 11.2 Å². The molecular weight excluding hydrogens is 892 g/mol. The van der Waals surface area contributed by atoms with Gasteiger partial charge in [-0.15, -0.1) is 0 Å². The van der Waals surface area contributed by atoms with Crippen molar-refractivity contribution in [3.05, 3.63) is 152 Å². The maximum atomic E-state index is 3.00. The van der Waals surface area contributed by atoms with E-state index in [0.717, 1.165) is 6.42 Å². The Balaban J connectivity index is 1.21. The number of aryl methyl sites for hydroxylation is 3. The molecule has 0 bridgehead atoms. The van der Waals surface area contributed by atoms with Gasteiger partial charge in [-0.1, -0.05) is 201 Å². The van der Waals surface area contributed by atoms with E-state index in [2.05, 4.69) is 225 Å². The summed E-state index contributed by atoms with van der Waals surface area (Å²) in [5.74, 6) is 0. The van der Waals surface area contributed by atoms with Crippen molar-refractivity contribution in [2.45, 2.75) is 220 Å². The topological polar surface area (TPSA) is 6.48 Å². The van der Waals surface area contributed by atoms with Crippen LogP contribution in [-0.2, 0) is 38.9 Å². The van der Waals surface area contributed by atoms with E-state index in [1.807, 2.05) is 0 Å². The van der Waals surface area contributed by atoms with Gasteiger partial charge in [-0.3, -0.25) is 0 Å². The van der Waals surface area contributed by atoms with E-state index in [4.69, 9.17) is 0 Å². The molecular formula is C71H87BN2. The molecule has 3 heteroatoms. The quantitative estimate of drug-likeness (QED) is 0.162. The summed E-state index contributed by atoms with van der Waals surface area (Å²) < 4.78 is 0. The highest BCUT2D eigenvalue weighted by Crippen LogP contribution is 2.64. The van der Waals surface area contributed by atoms with Crippen LogP contribution in [-0.4, -0.2) is 12.3 Å². The number of hydrogen-bond acceptors (Lipinski definition) is 2. The Morgan fingerprint density at radius 1 is 0.486 bits per heavy atom. The fourth-order valence-electron chi connectivity index (χ4n) is 16.7. The molecule has 2 saturated carbocycles. The highest BCUT2D eigenvalue weighted by Gasteiger charge is 2.62. The molecule has 4 atom stereocenters. The molecule has 3 heterocycles. The van der Waals surface area contributed by atoms with Crippen LogP contribution < -0.4 is 26.2 Å². The van der Waals surface area contributed by atoms with Crippen molar-refractivity contribution >= 4 is 51.5 Å². The van der Waals surface area contributed by atoms with Crippen LogP contribution in [0.1, 0.15) is 216 Å². The molecule has 384 valence electrons. The normalized spacial score (nSPS) is 25.3. The molecule has 12 rings (SSSR count). The van der Waals surface area contributed by atoms with Crippen molar-refractivity contribution < 1.29 is 0 Å². The van der Waals surface area contributed by atoms with Crippen molar-refractivity contribution in [2.24, 2.45) is 5.41 Å². The first kappa shape index (κ1) is 49.8. The van der Waals surface area contributed by atoms with Crippen LogP contribution in [0.2, 0.25) is 0 Å². The van der Waals surface area contributed by atoms with E-state index in [-0.39, 0.29) is 50.2 Å². The molecule has 3 aliphatic carbocycles. The Kier molecular flexibility index (Phi) is 10.6. The second-order valence-electron chi connectivity index (χ2n) is 29.5. The van der Waals surface area contributed by atoms with Gasteiger partial charge in [-0.25, -0.2) is 0 Å². The summed E-state index contributed by atoms with van der Waals surface area (Å²) in [5.41, 5.74) is 30.4. The standard InChI is InChI=1S/C71H87BN2/c1-43-27-28-47(64(4,5)6)39-53(43)69(16)32-22-21-31-68(69,15)42-46-37-57-60-58(38-46)74-62-54(70(17)33-23-24-34-71(70,74)18)40-49(66(10,11)12)41-56(62)72(60)55-30-29-51-50-25-19-20-26-52(50)67(13,14)59(51)63(55)73(57)61-44(2)35-48(36-45(61)3)65(7,8)9/h19-20,25-30,35-41H,21-24,31-34,42H2,1-18H3. The summed E-state index contributed by atoms with van der Waals surface area (Å²) >= 11 is 0. The molecule has 2 nitrogen and oxygen atoms in total. The minimum Gasteiger partial charge on any atom is -0.335 e. The summed E-state index contributed by atoms with van der Waals surface area (Å²) in [4.78, 5) is 5.87. The second-order valence-corrected chi connectivity index (χ2v) is 29.5. The van der Waals surface area contributed by atoms with Gasteiger partial charge in [0.1, 0.15) is 0 Å². The summed E-state index contributed by atoms with van der Waals surface area (Å²) in [6.07, 6.45) is 11.0. The van der Waals surface area contributed by atoms with Gasteiger partial charge in [0.25, 0.3) is 6.71 Å². The van der Waals surface area contributed by atoms with Crippen LogP contribution in [0.25, 0.3) is 11.1 Å². The third kappa shape index (κ3) is 6.68. The zero-order valence-corrected chi connectivity index (χ0v) is 49.0. The average molecular weight is 979 g/mol. The Morgan fingerprint density at radius 2 is 1.08 bits per heavy atom. The fraction of sp³-hybridized carbons (Fsp3) is 0.493. The van der Waals surface area contributed by atoms with Gasteiger partial charge < -0.3 is 9.80 Å². The van der Waals surface area contributed by atoms with Crippen molar-refractivity contribution in [1.29, 1.82) is 0 Å². The van der Waals surface area contributed by atoms with Crippen molar-refractivity contribution in [3.8, 4) is 11.1 Å². The maximum absolute atomic E-state index is 3.00. The monoisotopic (exact) mass is 979 g/mol. The summed E-state index contributed by atoms with van der Waals surface area (Å²) in [6.45, 7) is 44.7. The van der Waals surface area contributed by atoms with Crippen LogP contribution in [0.4, 0.5) is 28.4 Å². The fourth-order valence-corrected chi connectivity index (χ4v) is 16.7. The summed E-state index contributed by atoms with van der Waals surface area (Å²) in [6, 6.07) is 37.9. The highest BCUT2D eigenvalue weighted by molar-refractivity contribution is 7.00. The van der Waals surface area contributed by atoms with Crippen molar-refractivity contribution in [2.75, 3.05) is 9.80 Å². The molecule has 0 spiro atoms. The molecule has 3 aliphatic heterocycles. The van der Waals surface area contributed by atoms with E-state index in [1.54, 1.807) is 11.1 Å². The predicted molar refractivity (Wildman–Crippen MR) is 321 cm³/mol.